The van der Waals surface area contributed by atoms with Crippen molar-refractivity contribution in [3.63, 3.8) is 0 Å². The van der Waals surface area contributed by atoms with Crippen LogP contribution in [0.25, 0.3) is 0 Å². The van der Waals surface area contributed by atoms with Gasteiger partial charge in [-0.2, -0.15) is 5.10 Å². The molecule has 1 aromatic rings. The quantitative estimate of drug-likeness (QED) is 0.816. The second kappa shape index (κ2) is 5.75. The van der Waals surface area contributed by atoms with Crippen molar-refractivity contribution in [3.05, 3.63) is 17.5 Å². The zero-order valence-electron chi connectivity index (χ0n) is 11.9. The third-order valence-corrected chi connectivity index (χ3v) is 3.82. The highest BCUT2D eigenvalue weighted by Gasteiger charge is 2.48. The van der Waals surface area contributed by atoms with Crippen molar-refractivity contribution in [3.8, 4) is 0 Å². The van der Waals surface area contributed by atoms with Crippen LogP contribution in [-0.2, 0) is 33.7 Å². The Morgan fingerprint density at radius 1 is 1.55 bits per heavy atom. The molecule has 0 aliphatic carbocycles. The lowest BCUT2D eigenvalue weighted by Gasteiger charge is -2.31. The van der Waals surface area contributed by atoms with Crippen molar-refractivity contribution in [1.29, 1.82) is 0 Å². The summed E-state index contributed by atoms with van der Waals surface area (Å²) in [5.74, 6) is -1.36. The number of nitrogens with zero attached hydrogens (tertiary/aromatic N) is 2. The molecule has 20 heavy (non-hydrogen) atoms. The largest absolute Gasteiger partial charge is 0.480 e. The molecule has 0 bridgehead atoms. The molecule has 1 aliphatic heterocycles. The molecule has 1 unspecified atom stereocenters. The number of Topliss-reactive ketones (excluding diaryl/α,β-unsaturated/α-hetero) is 1. The van der Waals surface area contributed by atoms with Crippen molar-refractivity contribution in [2.45, 2.75) is 39.7 Å². The molecule has 1 aromatic heterocycles. The fourth-order valence-electron chi connectivity index (χ4n) is 2.55. The lowest BCUT2D eigenvalue weighted by Crippen LogP contribution is -2.49. The van der Waals surface area contributed by atoms with Gasteiger partial charge in [-0.3, -0.25) is 14.3 Å². The summed E-state index contributed by atoms with van der Waals surface area (Å²) in [4.78, 5) is 23.8. The summed E-state index contributed by atoms with van der Waals surface area (Å²) in [6.07, 6.45) is 1.08. The molecule has 1 atom stereocenters. The molecule has 1 saturated heterocycles. The van der Waals surface area contributed by atoms with Gasteiger partial charge in [-0.15, -0.1) is 0 Å². The number of ether oxygens (including phenoxy) is 1. The molecular weight excluding hydrogens is 260 g/mol. The highest BCUT2D eigenvalue weighted by molar-refractivity contribution is 6.04. The molecule has 1 fully saturated rings. The van der Waals surface area contributed by atoms with Gasteiger partial charge in [0.2, 0.25) is 0 Å². The van der Waals surface area contributed by atoms with Gasteiger partial charge in [0.15, 0.2) is 11.2 Å². The van der Waals surface area contributed by atoms with Crippen LogP contribution in [0.2, 0.25) is 0 Å². The molecule has 0 saturated carbocycles. The standard InChI is InChI=1S/C14H20N2O4/c1-3-10-7-11(16(4-2)15-10)8-14(13(18)19)9-20-6-5-12(14)17/h7H,3-6,8-9H2,1-2H3,(H,18,19). The molecule has 1 aliphatic rings. The summed E-state index contributed by atoms with van der Waals surface area (Å²) in [6, 6.07) is 1.88. The minimum Gasteiger partial charge on any atom is -0.480 e. The molecule has 1 N–H and O–H groups in total. The molecule has 2 rings (SSSR count). The molecule has 0 radical (unpaired) electrons. The van der Waals surface area contributed by atoms with Crippen molar-refractivity contribution >= 4 is 11.8 Å². The topological polar surface area (TPSA) is 81.4 Å². The Morgan fingerprint density at radius 2 is 2.30 bits per heavy atom. The Kier molecular flexibility index (Phi) is 4.23. The van der Waals surface area contributed by atoms with Gasteiger partial charge in [0, 0.05) is 25.1 Å². The van der Waals surface area contributed by atoms with Crippen LogP contribution in [0.4, 0.5) is 0 Å². The van der Waals surface area contributed by atoms with E-state index in [0.717, 1.165) is 17.8 Å². The van der Waals surface area contributed by atoms with E-state index >= 15 is 0 Å². The Bertz CT molecular complexity index is 523. The maximum atomic E-state index is 12.1. The van der Waals surface area contributed by atoms with Crippen molar-refractivity contribution in [1.82, 2.24) is 9.78 Å². The number of aromatic nitrogens is 2. The number of carboxylic acid groups (broad SMARTS) is 1. The predicted molar refractivity (Wildman–Crippen MR) is 71.5 cm³/mol. The van der Waals surface area contributed by atoms with Gasteiger partial charge in [-0.25, -0.2) is 0 Å². The van der Waals surface area contributed by atoms with E-state index in [4.69, 9.17) is 4.74 Å². The van der Waals surface area contributed by atoms with Gasteiger partial charge in [0.05, 0.1) is 18.9 Å². The molecule has 6 nitrogen and oxygen atoms in total. The van der Waals surface area contributed by atoms with Crippen LogP contribution < -0.4 is 0 Å². The van der Waals surface area contributed by atoms with Crippen LogP contribution in [0.1, 0.15) is 31.7 Å². The zero-order valence-corrected chi connectivity index (χ0v) is 11.9. The number of hydrogen-bond acceptors (Lipinski definition) is 4. The summed E-state index contributed by atoms with van der Waals surface area (Å²) in [6.45, 7) is 4.84. The highest BCUT2D eigenvalue weighted by atomic mass is 16.5. The van der Waals surface area contributed by atoms with Crippen LogP contribution in [0.15, 0.2) is 6.07 Å². The first-order chi connectivity index (χ1) is 9.53. The van der Waals surface area contributed by atoms with E-state index in [1.54, 1.807) is 4.68 Å². The van der Waals surface area contributed by atoms with Crippen LogP contribution in [-0.4, -0.2) is 39.9 Å². The fourth-order valence-corrected chi connectivity index (χ4v) is 2.55. The van der Waals surface area contributed by atoms with Crippen LogP contribution in [0, 0.1) is 5.41 Å². The lowest BCUT2D eigenvalue weighted by molar-refractivity contribution is -0.164. The van der Waals surface area contributed by atoms with E-state index < -0.39 is 11.4 Å². The first-order valence-corrected chi connectivity index (χ1v) is 6.93. The number of carboxylic acids is 1. The summed E-state index contributed by atoms with van der Waals surface area (Å²) >= 11 is 0. The Balaban J connectivity index is 2.35. The molecule has 0 spiro atoms. The van der Waals surface area contributed by atoms with Gasteiger partial charge in [-0.05, 0) is 19.4 Å². The number of aliphatic carboxylic acids is 1. The van der Waals surface area contributed by atoms with Gasteiger partial charge in [-0.1, -0.05) is 6.92 Å². The number of aryl methyl sites for hydroxylation is 2. The third kappa shape index (κ3) is 2.47. The second-order valence-electron chi connectivity index (χ2n) is 5.09. The molecule has 2 heterocycles. The van der Waals surface area contributed by atoms with Crippen LogP contribution >= 0.6 is 0 Å². The smallest absolute Gasteiger partial charge is 0.319 e. The Morgan fingerprint density at radius 3 is 2.85 bits per heavy atom. The summed E-state index contributed by atoms with van der Waals surface area (Å²) in [7, 11) is 0. The minimum absolute atomic E-state index is 0.0580. The average Bonchev–Trinajstić information content (AvgIpc) is 2.83. The van der Waals surface area contributed by atoms with Crippen molar-refractivity contribution in [2.24, 2.45) is 5.41 Å². The average molecular weight is 280 g/mol. The highest BCUT2D eigenvalue weighted by Crippen LogP contribution is 2.30. The number of ketones is 1. The van der Waals surface area contributed by atoms with Crippen LogP contribution in [0.5, 0.6) is 0 Å². The SMILES string of the molecule is CCc1cc(CC2(C(=O)O)COCCC2=O)n(CC)n1. The van der Waals surface area contributed by atoms with E-state index in [1.807, 2.05) is 19.9 Å². The second-order valence-corrected chi connectivity index (χ2v) is 5.09. The molecule has 6 heteroatoms. The number of carbonyl (C=O) groups excluding carboxylic acids is 1. The molecule has 0 aromatic carbocycles. The predicted octanol–water partition coefficient (Wildman–Crippen LogP) is 1.07. The first kappa shape index (κ1) is 14.7. The van der Waals surface area contributed by atoms with E-state index in [-0.39, 0.29) is 25.2 Å². The third-order valence-electron chi connectivity index (χ3n) is 3.82. The minimum atomic E-state index is -1.46. The van der Waals surface area contributed by atoms with Gasteiger partial charge >= 0.3 is 5.97 Å². The normalized spacial score (nSPS) is 23.0. The monoisotopic (exact) mass is 280 g/mol. The molecular formula is C14H20N2O4. The number of carbonyl (C=O) groups is 2. The van der Waals surface area contributed by atoms with E-state index in [1.165, 1.54) is 0 Å². The maximum absolute atomic E-state index is 12.1. The first-order valence-electron chi connectivity index (χ1n) is 6.93. The van der Waals surface area contributed by atoms with Gasteiger partial charge in [0.25, 0.3) is 0 Å². The zero-order chi connectivity index (χ0) is 14.8. The lowest BCUT2D eigenvalue weighted by atomic mass is 9.77. The van der Waals surface area contributed by atoms with Gasteiger partial charge < -0.3 is 9.84 Å². The van der Waals surface area contributed by atoms with Crippen molar-refractivity contribution in [2.75, 3.05) is 13.2 Å². The number of hydrogen-bond donors (Lipinski definition) is 1. The van der Waals surface area contributed by atoms with Gasteiger partial charge in [0.1, 0.15) is 0 Å². The Labute approximate surface area is 117 Å². The van der Waals surface area contributed by atoms with E-state index in [0.29, 0.717) is 13.2 Å². The van der Waals surface area contributed by atoms with Crippen molar-refractivity contribution < 1.29 is 19.4 Å². The molecule has 110 valence electrons. The van der Waals surface area contributed by atoms with E-state index in [9.17, 15) is 14.7 Å². The summed E-state index contributed by atoms with van der Waals surface area (Å²) in [5.41, 5.74) is 0.230. The summed E-state index contributed by atoms with van der Waals surface area (Å²) < 4.78 is 7.03. The summed E-state index contributed by atoms with van der Waals surface area (Å²) in [5, 5.41) is 13.9. The fraction of sp³-hybridized carbons (Fsp3) is 0.643. The number of rotatable bonds is 5. The molecule has 0 amide bonds. The van der Waals surface area contributed by atoms with E-state index in [2.05, 4.69) is 5.10 Å². The maximum Gasteiger partial charge on any atom is 0.319 e. The van der Waals surface area contributed by atoms with Crippen LogP contribution in [0.3, 0.4) is 0 Å². The Hall–Kier alpha value is -1.69.